The van der Waals surface area contributed by atoms with Crippen molar-refractivity contribution in [2.75, 3.05) is 39.1 Å². The van der Waals surface area contributed by atoms with E-state index < -0.39 is 15.9 Å². The number of ether oxygens (including phenoxy) is 2. The minimum absolute atomic E-state index is 0.0729. The molecule has 6 heteroatoms. The number of ketones is 2. The van der Waals surface area contributed by atoms with Crippen LogP contribution in [-0.4, -0.2) is 50.7 Å². The van der Waals surface area contributed by atoms with Gasteiger partial charge < -0.3 is 9.47 Å². The van der Waals surface area contributed by atoms with Gasteiger partial charge in [-0.2, -0.15) is 10.0 Å². The Kier molecular flexibility index (Phi) is 6.14. The molecule has 2 fully saturated rings. The third-order valence-corrected chi connectivity index (χ3v) is 6.42. The van der Waals surface area contributed by atoms with E-state index in [9.17, 15) is 9.59 Å². The minimum atomic E-state index is -0.982. The van der Waals surface area contributed by atoms with Crippen LogP contribution in [0.3, 0.4) is 0 Å². The van der Waals surface area contributed by atoms with E-state index in [2.05, 4.69) is 29.9 Å². The van der Waals surface area contributed by atoms with Crippen LogP contribution in [0.4, 0.5) is 0 Å². The van der Waals surface area contributed by atoms with E-state index in [-0.39, 0.29) is 17.0 Å². The van der Waals surface area contributed by atoms with Crippen molar-refractivity contribution in [1.82, 2.24) is 0 Å². The SMILES string of the molecule is COc1cc(C#CS(C)(C)C)cc(Cl)c1C1C(=O)CC2(CCOCC2)CC1=O. The molecule has 28 heavy (non-hydrogen) atoms. The van der Waals surface area contributed by atoms with Crippen LogP contribution in [0.2, 0.25) is 5.02 Å². The van der Waals surface area contributed by atoms with E-state index in [1.165, 1.54) is 7.11 Å². The first-order chi connectivity index (χ1) is 13.1. The van der Waals surface area contributed by atoms with Gasteiger partial charge in [0.15, 0.2) is 0 Å². The summed E-state index contributed by atoms with van der Waals surface area (Å²) in [5.74, 6) is 2.59. The first kappa shape index (κ1) is 21.2. The summed E-state index contributed by atoms with van der Waals surface area (Å²) >= 11 is 6.54. The molecule has 0 N–H and O–H groups in total. The summed E-state index contributed by atoms with van der Waals surface area (Å²) in [4.78, 5) is 26.1. The van der Waals surface area contributed by atoms with Crippen molar-refractivity contribution in [3.8, 4) is 16.9 Å². The molecule has 1 aliphatic heterocycles. The molecule has 1 spiro atoms. The summed E-state index contributed by atoms with van der Waals surface area (Å²) in [6.45, 7) is 1.22. The second-order valence-electron chi connectivity index (χ2n) is 8.47. The molecule has 0 radical (unpaired) electrons. The van der Waals surface area contributed by atoms with Crippen molar-refractivity contribution >= 4 is 33.2 Å². The number of benzene rings is 1. The summed E-state index contributed by atoms with van der Waals surface area (Å²) in [5.41, 5.74) is 0.961. The number of methoxy groups -OCH3 is 1. The van der Waals surface area contributed by atoms with Gasteiger partial charge >= 0.3 is 0 Å². The molecule has 3 rings (SSSR count). The van der Waals surface area contributed by atoms with Gasteiger partial charge in [-0.25, -0.2) is 0 Å². The molecule has 1 saturated heterocycles. The molecule has 1 aromatic carbocycles. The molecule has 1 aliphatic carbocycles. The lowest BCUT2D eigenvalue weighted by molar-refractivity contribution is -0.139. The molecule has 4 nitrogen and oxygen atoms in total. The van der Waals surface area contributed by atoms with Crippen LogP contribution in [0.15, 0.2) is 12.1 Å². The molecular formula is C22H27ClO4S. The fraction of sp³-hybridized carbons (Fsp3) is 0.545. The number of halogens is 1. The lowest BCUT2D eigenvalue weighted by Gasteiger charge is -2.41. The Balaban J connectivity index is 1.95. The Labute approximate surface area is 173 Å². The lowest BCUT2D eigenvalue weighted by Crippen LogP contribution is -2.42. The highest BCUT2D eigenvalue weighted by Gasteiger charge is 2.47. The topological polar surface area (TPSA) is 52.6 Å². The van der Waals surface area contributed by atoms with E-state index in [4.69, 9.17) is 21.1 Å². The van der Waals surface area contributed by atoms with E-state index in [0.29, 0.717) is 42.4 Å². The van der Waals surface area contributed by atoms with Gasteiger partial charge in [-0.05, 0) is 54.4 Å². The predicted molar refractivity (Wildman–Crippen MR) is 115 cm³/mol. The Morgan fingerprint density at radius 1 is 1.14 bits per heavy atom. The van der Waals surface area contributed by atoms with Crippen molar-refractivity contribution in [2.45, 2.75) is 31.6 Å². The quantitative estimate of drug-likeness (QED) is 0.530. The third kappa shape index (κ3) is 4.56. The maximum Gasteiger partial charge on any atom is 0.148 e. The number of carbonyl (C=O) groups is 2. The van der Waals surface area contributed by atoms with E-state index in [0.717, 1.165) is 18.4 Å². The van der Waals surface area contributed by atoms with Crippen molar-refractivity contribution in [2.24, 2.45) is 5.41 Å². The van der Waals surface area contributed by atoms with Gasteiger partial charge in [-0.15, -0.1) is 0 Å². The predicted octanol–water partition coefficient (Wildman–Crippen LogP) is 4.16. The van der Waals surface area contributed by atoms with Crippen LogP contribution in [0.5, 0.6) is 5.75 Å². The molecule has 0 amide bonds. The number of rotatable bonds is 2. The average Bonchev–Trinajstić information content (AvgIpc) is 2.60. The van der Waals surface area contributed by atoms with Crippen LogP contribution in [-0.2, 0) is 14.3 Å². The zero-order chi connectivity index (χ0) is 20.5. The smallest absolute Gasteiger partial charge is 0.148 e. The zero-order valence-corrected chi connectivity index (χ0v) is 18.5. The Bertz CT molecular complexity index is 834. The Hall–Kier alpha value is -1.48. The molecule has 0 aromatic heterocycles. The fourth-order valence-corrected chi connectivity index (χ4v) is 4.73. The molecule has 1 aromatic rings. The van der Waals surface area contributed by atoms with E-state index in [1.54, 1.807) is 12.1 Å². The van der Waals surface area contributed by atoms with Crippen molar-refractivity contribution in [3.05, 3.63) is 28.3 Å². The number of hydrogen-bond donors (Lipinski definition) is 0. The lowest BCUT2D eigenvalue weighted by atomic mass is 9.64. The van der Waals surface area contributed by atoms with Crippen LogP contribution in [0.1, 0.15) is 42.7 Å². The second-order valence-corrected chi connectivity index (χ2v) is 12.8. The maximum atomic E-state index is 13.0. The molecule has 1 saturated carbocycles. The zero-order valence-electron chi connectivity index (χ0n) is 16.9. The first-order valence-electron chi connectivity index (χ1n) is 9.36. The summed E-state index contributed by atoms with van der Waals surface area (Å²) in [6.07, 6.45) is 8.62. The standard InChI is InChI=1S/C22H27ClO4S/c1-26-19-12-15(5-10-28(2,3)4)11-16(23)20(19)21-17(24)13-22(14-18(21)25)6-8-27-9-7-22/h11-12,21H,6-9,13-14H2,1-4H3. The molecule has 0 atom stereocenters. The Morgan fingerprint density at radius 2 is 1.75 bits per heavy atom. The summed E-state index contributed by atoms with van der Waals surface area (Å²) in [5, 5.41) is 3.61. The van der Waals surface area contributed by atoms with Gasteiger partial charge in [0, 0.05) is 42.2 Å². The third-order valence-electron chi connectivity index (χ3n) is 5.40. The van der Waals surface area contributed by atoms with Gasteiger partial charge in [0.1, 0.15) is 23.2 Å². The van der Waals surface area contributed by atoms with Crippen LogP contribution in [0.25, 0.3) is 0 Å². The highest BCUT2D eigenvalue weighted by Crippen LogP contribution is 2.48. The van der Waals surface area contributed by atoms with Gasteiger partial charge in [0.05, 0.1) is 7.11 Å². The molecule has 152 valence electrons. The molecule has 2 aliphatic rings. The van der Waals surface area contributed by atoms with Crippen LogP contribution >= 0.6 is 21.6 Å². The van der Waals surface area contributed by atoms with Gasteiger partial charge in [0.25, 0.3) is 0 Å². The second kappa shape index (κ2) is 8.10. The summed E-state index contributed by atoms with van der Waals surface area (Å²) < 4.78 is 10.9. The highest BCUT2D eigenvalue weighted by molar-refractivity contribution is 8.35. The number of carbonyl (C=O) groups excluding carboxylic acids is 2. The summed E-state index contributed by atoms with van der Waals surface area (Å²) in [6, 6.07) is 3.51. The fourth-order valence-electron chi connectivity index (χ4n) is 3.99. The minimum Gasteiger partial charge on any atom is -0.496 e. The van der Waals surface area contributed by atoms with E-state index in [1.807, 2.05) is 0 Å². The monoisotopic (exact) mass is 422 g/mol. The highest BCUT2D eigenvalue weighted by atomic mass is 35.5. The van der Waals surface area contributed by atoms with E-state index >= 15 is 0 Å². The van der Waals surface area contributed by atoms with Crippen LogP contribution in [0, 0.1) is 16.6 Å². The molecule has 0 bridgehead atoms. The van der Waals surface area contributed by atoms with Gasteiger partial charge in [-0.3, -0.25) is 9.59 Å². The van der Waals surface area contributed by atoms with Crippen molar-refractivity contribution < 1.29 is 19.1 Å². The summed E-state index contributed by atoms with van der Waals surface area (Å²) in [7, 11) is 0.545. The average molecular weight is 423 g/mol. The first-order valence-corrected chi connectivity index (χ1v) is 12.6. The van der Waals surface area contributed by atoms with Gasteiger partial charge in [-0.1, -0.05) is 17.5 Å². The van der Waals surface area contributed by atoms with Crippen LogP contribution < -0.4 is 4.74 Å². The normalized spacial score (nSPS) is 20.6. The molecule has 0 unspecified atom stereocenters. The number of hydrogen-bond acceptors (Lipinski definition) is 4. The molecule has 1 heterocycles. The largest absolute Gasteiger partial charge is 0.496 e. The van der Waals surface area contributed by atoms with Crippen molar-refractivity contribution in [3.63, 3.8) is 0 Å². The Morgan fingerprint density at radius 3 is 2.29 bits per heavy atom. The molecular weight excluding hydrogens is 396 g/mol. The maximum absolute atomic E-state index is 13.0. The van der Waals surface area contributed by atoms with Crippen molar-refractivity contribution in [1.29, 1.82) is 0 Å². The van der Waals surface area contributed by atoms with Gasteiger partial charge in [0.2, 0.25) is 0 Å². The number of Topliss-reactive ketones (excluding diaryl/α,β-unsaturated/α-hetero) is 2.